The van der Waals surface area contributed by atoms with Gasteiger partial charge in [0.05, 0.1) is 17.6 Å². The number of benzene rings is 1. The molecule has 30 heavy (non-hydrogen) atoms. The van der Waals surface area contributed by atoms with Gasteiger partial charge >= 0.3 is 0 Å². The van der Waals surface area contributed by atoms with Crippen LogP contribution in [-0.4, -0.2) is 22.2 Å². The molecule has 4 rings (SSSR count). The van der Waals surface area contributed by atoms with Crippen LogP contribution >= 0.6 is 23.1 Å². The van der Waals surface area contributed by atoms with Crippen molar-refractivity contribution in [3.8, 4) is 6.07 Å². The van der Waals surface area contributed by atoms with Crippen molar-refractivity contribution in [3.63, 3.8) is 0 Å². The van der Waals surface area contributed by atoms with Gasteiger partial charge < -0.3 is 5.73 Å². The van der Waals surface area contributed by atoms with Gasteiger partial charge in [-0.2, -0.15) is 5.26 Å². The van der Waals surface area contributed by atoms with Crippen molar-refractivity contribution in [1.82, 2.24) is 10.2 Å². The summed E-state index contributed by atoms with van der Waals surface area (Å²) in [6.45, 7) is 4.05. The first-order valence-corrected chi connectivity index (χ1v) is 11.4. The molecular formula is C21H20FN5OS2. The molecular weight excluding hydrogens is 421 g/mol. The summed E-state index contributed by atoms with van der Waals surface area (Å²) in [5.41, 5.74) is 8.18. The van der Waals surface area contributed by atoms with Crippen LogP contribution in [0.4, 0.5) is 9.52 Å². The Balaban J connectivity index is 1.99. The maximum absolute atomic E-state index is 14.0. The zero-order valence-electron chi connectivity index (χ0n) is 16.8. The topological polar surface area (TPSA) is 95.9 Å². The van der Waals surface area contributed by atoms with Crippen molar-refractivity contribution in [2.75, 3.05) is 11.2 Å². The van der Waals surface area contributed by atoms with Gasteiger partial charge in [-0.1, -0.05) is 49.1 Å². The summed E-state index contributed by atoms with van der Waals surface area (Å²) < 4.78 is 14.8. The van der Waals surface area contributed by atoms with E-state index in [1.54, 1.807) is 17.0 Å². The first-order chi connectivity index (χ1) is 14.3. The molecule has 154 valence electrons. The Morgan fingerprint density at radius 3 is 2.77 bits per heavy atom. The lowest BCUT2D eigenvalue weighted by atomic mass is 9.68. The van der Waals surface area contributed by atoms with Crippen LogP contribution < -0.4 is 10.6 Å². The number of thioether (sulfide) groups is 1. The minimum Gasteiger partial charge on any atom is -0.384 e. The summed E-state index contributed by atoms with van der Waals surface area (Å²) >= 11 is 2.81. The molecule has 1 atom stereocenters. The van der Waals surface area contributed by atoms with Crippen molar-refractivity contribution >= 4 is 34.0 Å². The van der Waals surface area contributed by atoms with Gasteiger partial charge in [-0.3, -0.25) is 9.69 Å². The van der Waals surface area contributed by atoms with Crippen LogP contribution in [-0.2, 0) is 4.79 Å². The molecule has 0 amide bonds. The molecule has 0 bridgehead atoms. The number of aromatic nitrogens is 2. The van der Waals surface area contributed by atoms with Crippen LogP contribution in [0, 0.1) is 22.6 Å². The molecule has 2 aromatic rings. The molecule has 0 saturated heterocycles. The highest BCUT2D eigenvalue weighted by molar-refractivity contribution is 8.00. The maximum atomic E-state index is 14.0. The zero-order valence-corrected chi connectivity index (χ0v) is 18.4. The third-order valence-electron chi connectivity index (χ3n) is 5.32. The fraction of sp³-hybridized carbons (Fsp3) is 0.333. The number of nitrogens with zero attached hydrogens (tertiary/aromatic N) is 4. The molecule has 6 nitrogen and oxygen atoms in total. The number of nitriles is 1. The largest absolute Gasteiger partial charge is 0.384 e. The van der Waals surface area contributed by atoms with Gasteiger partial charge in [-0.05, 0) is 35.8 Å². The Bertz CT molecular complexity index is 1140. The van der Waals surface area contributed by atoms with Crippen molar-refractivity contribution in [2.24, 2.45) is 11.1 Å². The summed E-state index contributed by atoms with van der Waals surface area (Å²) in [6, 6.07) is 8.17. The molecule has 9 heteroatoms. The van der Waals surface area contributed by atoms with Crippen LogP contribution in [0.2, 0.25) is 0 Å². The second-order valence-corrected chi connectivity index (χ2v) is 10.1. The van der Waals surface area contributed by atoms with Gasteiger partial charge in [0, 0.05) is 17.7 Å². The van der Waals surface area contributed by atoms with E-state index in [0.29, 0.717) is 34.8 Å². The third kappa shape index (κ3) is 3.40. The van der Waals surface area contributed by atoms with Gasteiger partial charge in [0.2, 0.25) is 5.13 Å². The smallest absolute Gasteiger partial charge is 0.219 e. The number of ketones is 1. The molecule has 2 heterocycles. The Morgan fingerprint density at radius 2 is 2.13 bits per heavy atom. The number of rotatable bonds is 3. The summed E-state index contributed by atoms with van der Waals surface area (Å²) in [4.78, 5) is 15.0. The summed E-state index contributed by atoms with van der Waals surface area (Å²) in [6.07, 6.45) is 2.82. The SMILES string of the molecule is CSc1nnc(N2C(N)=C(C#N)C(c3cccc(F)c3)C3=C2CC(C)(C)CC3=O)s1. The molecule has 1 aliphatic carbocycles. The first-order valence-electron chi connectivity index (χ1n) is 9.35. The van der Waals surface area contributed by atoms with E-state index < -0.39 is 11.7 Å². The number of halogens is 1. The Kier molecular flexibility index (Phi) is 5.16. The van der Waals surface area contributed by atoms with E-state index in [0.717, 1.165) is 4.34 Å². The molecule has 2 aliphatic rings. The van der Waals surface area contributed by atoms with Gasteiger partial charge in [0.1, 0.15) is 11.6 Å². The molecule has 0 fully saturated rings. The quantitative estimate of drug-likeness (QED) is 0.708. The van der Waals surface area contributed by atoms with Crippen molar-refractivity contribution < 1.29 is 9.18 Å². The number of Topliss-reactive ketones (excluding diaryl/α,β-unsaturated/α-hetero) is 1. The predicted molar refractivity (Wildman–Crippen MR) is 115 cm³/mol. The first kappa shape index (κ1) is 20.6. The molecule has 0 spiro atoms. The lowest BCUT2D eigenvalue weighted by Gasteiger charge is -2.42. The molecule has 0 saturated carbocycles. The molecule has 2 N–H and O–H groups in total. The van der Waals surface area contributed by atoms with E-state index in [2.05, 4.69) is 16.3 Å². The van der Waals surface area contributed by atoms with E-state index >= 15 is 0 Å². The van der Waals surface area contributed by atoms with Gasteiger partial charge in [0.15, 0.2) is 10.1 Å². The summed E-state index contributed by atoms with van der Waals surface area (Å²) in [5, 5.41) is 18.9. The number of hydrogen-bond donors (Lipinski definition) is 1. The van der Waals surface area contributed by atoms with Crippen LogP contribution in [0.15, 0.2) is 51.3 Å². The fourth-order valence-electron chi connectivity index (χ4n) is 4.12. The Morgan fingerprint density at radius 1 is 1.37 bits per heavy atom. The number of hydrogen-bond acceptors (Lipinski definition) is 8. The average molecular weight is 442 g/mol. The lowest BCUT2D eigenvalue weighted by molar-refractivity contribution is -0.118. The second-order valence-electron chi connectivity index (χ2n) is 8.09. The average Bonchev–Trinajstić information content (AvgIpc) is 3.14. The van der Waals surface area contributed by atoms with Crippen LogP contribution in [0.3, 0.4) is 0 Å². The van der Waals surface area contributed by atoms with E-state index in [-0.39, 0.29) is 22.6 Å². The summed E-state index contributed by atoms with van der Waals surface area (Å²) in [5.74, 6) is -0.978. The van der Waals surface area contributed by atoms with Crippen LogP contribution in [0.5, 0.6) is 0 Å². The van der Waals surface area contributed by atoms with E-state index in [4.69, 9.17) is 5.73 Å². The van der Waals surface area contributed by atoms with Crippen LogP contribution in [0.1, 0.15) is 38.2 Å². The van der Waals surface area contributed by atoms with E-state index in [1.807, 2.05) is 20.1 Å². The number of carbonyl (C=O) groups excluding carboxylic acids is 1. The fourth-order valence-corrected chi connectivity index (χ4v) is 5.42. The minimum absolute atomic E-state index is 0.0598. The molecule has 1 aromatic heterocycles. The second kappa shape index (κ2) is 7.52. The number of carbonyl (C=O) groups is 1. The Labute approximate surface area is 182 Å². The number of anilines is 1. The molecule has 1 aromatic carbocycles. The zero-order chi connectivity index (χ0) is 21.6. The highest BCUT2D eigenvalue weighted by atomic mass is 32.2. The highest BCUT2D eigenvalue weighted by Crippen LogP contribution is 2.50. The number of allylic oxidation sites excluding steroid dienone is 3. The van der Waals surface area contributed by atoms with Crippen molar-refractivity contribution in [1.29, 1.82) is 5.26 Å². The van der Waals surface area contributed by atoms with Gasteiger partial charge in [0.25, 0.3) is 0 Å². The maximum Gasteiger partial charge on any atom is 0.219 e. The molecule has 1 aliphatic heterocycles. The third-order valence-corrected chi connectivity index (χ3v) is 7.21. The van der Waals surface area contributed by atoms with Crippen molar-refractivity contribution in [2.45, 2.75) is 36.9 Å². The Hall–Kier alpha value is -2.70. The van der Waals surface area contributed by atoms with Gasteiger partial charge in [-0.15, -0.1) is 10.2 Å². The minimum atomic E-state index is -0.700. The predicted octanol–water partition coefficient (Wildman–Crippen LogP) is 4.34. The normalized spacial score (nSPS) is 21.0. The highest BCUT2D eigenvalue weighted by Gasteiger charge is 2.45. The van der Waals surface area contributed by atoms with E-state index in [1.165, 1.54) is 35.2 Å². The van der Waals surface area contributed by atoms with E-state index in [9.17, 15) is 14.4 Å². The summed E-state index contributed by atoms with van der Waals surface area (Å²) in [7, 11) is 0. The number of nitrogens with two attached hydrogens (primary N) is 1. The monoisotopic (exact) mass is 441 g/mol. The van der Waals surface area contributed by atoms with Crippen LogP contribution in [0.25, 0.3) is 0 Å². The molecule has 0 radical (unpaired) electrons. The van der Waals surface area contributed by atoms with Crippen molar-refractivity contribution in [3.05, 3.63) is 58.3 Å². The standard InChI is InChI=1S/C21H20FN5OS2/c1-21(2)8-14-17(15(28)9-21)16(11-5-4-6-12(22)7-11)13(10-23)18(24)27(14)19-25-26-20(29-3)30-19/h4-7,16H,8-9,24H2,1-3H3. The van der Waals surface area contributed by atoms with Gasteiger partial charge in [-0.25, -0.2) is 4.39 Å². The molecule has 1 unspecified atom stereocenters. The lowest BCUT2D eigenvalue weighted by Crippen LogP contribution is -2.42.